The van der Waals surface area contributed by atoms with Crippen LogP contribution in [0, 0.1) is 22.7 Å². The first-order chi connectivity index (χ1) is 23.9. The lowest BCUT2D eigenvalue weighted by atomic mass is 9.80. The van der Waals surface area contributed by atoms with E-state index in [0.717, 1.165) is 22.2 Å². The van der Waals surface area contributed by atoms with Crippen molar-refractivity contribution in [2.45, 2.75) is 19.3 Å². The van der Waals surface area contributed by atoms with Crippen LogP contribution in [0.1, 0.15) is 36.1 Å². The molecule has 1 aliphatic carbocycles. The van der Waals surface area contributed by atoms with Gasteiger partial charge in [0.25, 0.3) is 0 Å². The van der Waals surface area contributed by atoms with Gasteiger partial charge in [-0.15, -0.1) is 0 Å². The first-order valence-electron chi connectivity index (χ1n) is 16.0. The highest BCUT2D eigenvalue weighted by molar-refractivity contribution is 5.91. The Morgan fingerprint density at radius 2 is 1.10 bits per heavy atom. The van der Waals surface area contributed by atoms with E-state index in [1.165, 1.54) is 22.3 Å². The van der Waals surface area contributed by atoms with Crippen LogP contribution < -0.4 is 0 Å². The number of nitrogens with zero attached hydrogens (tertiary/aromatic N) is 4. The van der Waals surface area contributed by atoms with Crippen molar-refractivity contribution in [2.24, 2.45) is 0 Å². The van der Waals surface area contributed by atoms with E-state index in [1.54, 1.807) is 6.07 Å². The average molecular weight is 631 g/mol. The zero-order valence-electron chi connectivity index (χ0n) is 26.7. The summed E-state index contributed by atoms with van der Waals surface area (Å²) in [6, 6.07) is 44.3. The quantitative estimate of drug-likeness (QED) is 0.192. The molecule has 230 valence electrons. The second-order valence-corrected chi connectivity index (χ2v) is 12.8. The van der Waals surface area contributed by atoms with Crippen LogP contribution in [0.15, 0.2) is 130 Å². The Bertz CT molecular complexity index is 2580. The summed E-state index contributed by atoms with van der Waals surface area (Å²) in [6.45, 7) is 4.44. The molecule has 1 aliphatic rings. The van der Waals surface area contributed by atoms with Crippen LogP contribution in [0.4, 0.5) is 0 Å². The molecule has 0 atom stereocenters. The Morgan fingerprint density at radius 1 is 0.531 bits per heavy atom. The van der Waals surface area contributed by atoms with Crippen molar-refractivity contribution in [3.8, 4) is 68.4 Å². The third-order valence-corrected chi connectivity index (χ3v) is 9.64. The molecule has 0 saturated heterocycles. The van der Waals surface area contributed by atoms with Crippen LogP contribution in [0.5, 0.6) is 0 Å². The normalized spacial score (nSPS) is 12.8. The summed E-state index contributed by atoms with van der Waals surface area (Å²) >= 11 is 0. The van der Waals surface area contributed by atoms with Gasteiger partial charge in [-0.3, -0.25) is 0 Å². The molecule has 8 aromatic rings. The molecule has 0 unspecified atom stereocenters. The van der Waals surface area contributed by atoms with Gasteiger partial charge in [0, 0.05) is 27.7 Å². The second-order valence-electron chi connectivity index (χ2n) is 12.8. The van der Waals surface area contributed by atoms with Gasteiger partial charge in [0.15, 0.2) is 11.2 Å². The lowest BCUT2D eigenvalue weighted by Gasteiger charge is -2.22. The predicted octanol–water partition coefficient (Wildman–Crippen LogP) is 10.7. The van der Waals surface area contributed by atoms with Crippen molar-refractivity contribution in [3.63, 3.8) is 0 Å². The first-order valence-corrected chi connectivity index (χ1v) is 16.0. The van der Waals surface area contributed by atoms with Crippen molar-refractivity contribution in [2.75, 3.05) is 0 Å². The third kappa shape index (κ3) is 4.39. The van der Waals surface area contributed by atoms with E-state index in [2.05, 4.69) is 62.4 Å². The zero-order valence-corrected chi connectivity index (χ0v) is 26.7. The zero-order chi connectivity index (χ0) is 33.3. The summed E-state index contributed by atoms with van der Waals surface area (Å²) in [4.78, 5) is 9.54. The molecule has 0 radical (unpaired) electrons. The molecule has 6 nitrogen and oxygen atoms in total. The van der Waals surface area contributed by atoms with Gasteiger partial charge < -0.3 is 8.83 Å². The number of hydrogen-bond acceptors (Lipinski definition) is 6. The van der Waals surface area contributed by atoms with Crippen LogP contribution in [0.2, 0.25) is 0 Å². The Hall–Kier alpha value is -6.76. The van der Waals surface area contributed by atoms with E-state index in [-0.39, 0.29) is 5.41 Å². The molecule has 49 heavy (non-hydrogen) atoms. The smallest absolute Gasteiger partial charge is 0.227 e. The summed E-state index contributed by atoms with van der Waals surface area (Å²) in [5.41, 5.74) is 12.5. The Balaban J connectivity index is 1.26. The van der Waals surface area contributed by atoms with Crippen molar-refractivity contribution >= 4 is 22.2 Å². The average Bonchev–Trinajstić information content (AvgIpc) is 3.84. The molecule has 0 fully saturated rings. The van der Waals surface area contributed by atoms with Crippen molar-refractivity contribution in [1.82, 2.24) is 9.97 Å². The van der Waals surface area contributed by atoms with Crippen LogP contribution in [-0.4, -0.2) is 9.97 Å². The lowest BCUT2D eigenvalue weighted by molar-refractivity contribution is 0.617. The fourth-order valence-corrected chi connectivity index (χ4v) is 7.23. The van der Waals surface area contributed by atoms with E-state index in [0.29, 0.717) is 56.3 Å². The number of rotatable bonds is 4. The summed E-state index contributed by atoms with van der Waals surface area (Å²) < 4.78 is 12.4. The molecule has 0 N–H and O–H groups in total. The molecule has 0 aliphatic heterocycles. The minimum Gasteiger partial charge on any atom is -0.436 e. The highest BCUT2D eigenvalue weighted by atomic mass is 16.4. The molecule has 2 heterocycles. The Kier molecular flexibility index (Phi) is 6.18. The maximum Gasteiger partial charge on any atom is 0.227 e. The fraction of sp³-hybridized carbons (Fsp3) is 0.0698. The van der Waals surface area contributed by atoms with Crippen LogP contribution in [0.25, 0.3) is 78.5 Å². The van der Waals surface area contributed by atoms with Gasteiger partial charge in [-0.1, -0.05) is 80.6 Å². The van der Waals surface area contributed by atoms with Gasteiger partial charge in [0.2, 0.25) is 11.8 Å². The third-order valence-electron chi connectivity index (χ3n) is 9.64. The van der Waals surface area contributed by atoms with Gasteiger partial charge in [-0.05, 0) is 88.0 Å². The van der Waals surface area contributed by atoms with E-state index in [9.17, 15) is 10.5 Å². The molecule has 0 saturated carbocycles. The monoisotopic (exact) mass is 630 g/mol. The Labute approximate surface area is 282 Å². The predicted molar refractivity (Wildman–Crippen MR) is 190 cm³/mol. The fourth-order valence-electron chi connectivity index (χ4n) is 7.23. The van der Waals surface area contributed by atoms with Crippen LogP contribution in [0.3, 0.4) is 0 Å². The highest BCUT2D eigenvalue weighted by Crippen LogP contribution is 2.50. The first kappa shape index (κ1) is 28.5. The van der Waals surface area contributed by atoms with E-state index >= 15 is 0 Å². The molecular weight excluding hydrogens is 604 g/mol. The summed E-state index contributed by atoms with van der Waals surface area (Å²) in [5.74, 6) is 0.876. The van der Waals surface area contributed by atoms with Gasteiger partial charge in [0.1, 0.15) is 17.1 Å². The lowest BCUT2D eigenvalue weighted by Crippen LogP contribution is -2.15. The Morgan fingerprint density at radius 3 is 1.73 bits per heavy atom. The molecule has 2 aromatic heterocycles. The largest absolute Gasteiger partial charge is 0.436 e. The summed E-state index contributed by atoms with van der Waals surface area (Å²) in [5, 5.41) is 21.1. The number of nitriles is 2. The molecular formula is C43H26N4O2. The molecule has 0 spiro atoms. The second kappa shape index (κ2) is 10.6. The van der Waals surface area contributed by atoms with E-state index < -0.39 is 0 Å². The van der Waals surface area contributed by atoms with Crippen molar-refractivity contribution in [1.29, 1.82) is 10.5 Å². The van der Waals surface area contributed by atoms with Crippen molar-refractivity contribution < 1.29 is 8.83 Å². The van der Waals surface area contributed by atoms with Gasteiger partial charge in [-0.2, -0.15) is 10.5 Å². The maximum atomic E-state index is 10.8. The van der Waals surface area contributed by atoms with Crippen LogP contribution >= 0.6 is 0 Å². The van der Waals surface area contributed by atoms with E-state index in [4.69, 9.17) is 18.8 Å². The number of para-hydroxylation sites is 4. The molecule has 6 heteroatoms. The van der Waals surface area contributed by atoms with E-state index in [1.807, 2.05) is 78.9 Å². The van der Waals surface area contributed by atoms with Crippen molar-refractivity contribution in [3.05, 3.63) is 144 Å². The molecule has 0 amide bonds. The molecule has 0 bridgehead atoms. The van der Waals surface area contributed by atoms with Gasteiger partial charge >= 0.3 is 0 Å². The standard InChI is InChI=1S/C43H26N4O2/c1-43(2)34-10-4-3-9-31(34)32-18-15-25(22-35(32)43)40-26(23-44)16-17-30(33(40)24-45)27-19-28(41-46-36-11-5-7-13-38(36)48-41)21-29(20-27)42-47-37-12-6-8-14-39(37)49-42/h3-22H,1-2H3. The van der Waals surface area contributed by atoms with Gasteiger partial charge in [0.05, 0.1) is 17.2 Å². The topological polar surface area (TPSA) is 99.6 Å². The minimum absolute atomic E-state index is 0.235. The number of hydrogen-bond donors (Lipinski definition) is 0. The minimum atomic E-state index is -0.235. The SMILES string of the molecule is CC1(C)c2ccccc2-c2ccc(-c3c(C#N)ccc(-c4cc(-c5nc6ccccc6o5)cc(-c5nc6ccccc6o5)c4)c3C#N)cc21. The summed E-state index contributed by atoms with van der Waals surface area (Å²) in [6.07, 6.45) is 0. The van der Waals surface area contributed by atoms with Crippen LogP contribution in [-0.2, 0) is 5.41 Å². The highest BCUT2D eigenvalue weighted by Gasteiger charge is 2.35. The van der Waals surface area contributed by atoms with Gasteiger partial charge in [-0.25, -0.2) is 9.97 Å². The molecule has 9 rings (SSSR count). The number of fused-ring (bicyclic) bond motifs is 5. The molecule has 6 aromatic carbocycles. The number of oxazole rings is 2. The number of aromatic nitrogens is 2. The maximum absolute atomic E-state index is 10.8. The number of benzene rings is 6. The summed E-state index contributed by atoms with van der Waals surface area (Å²) in [7, 11) is 0.